The van der Waals surface area contributed by atoms with Crippen molar-refractivity contribution >= 4 is 35.0 Å². The SMILES string of the molecule is O=C(Nc1ccccn1)c1ccc(CN2C(=O)c3ccc(Cl)cc3CC(=O)[C@H]2Cc2ccncc2)cc1. The zero-order valence-electron chi connectivity index (χ0n) is 19.8. The number of halogens is 1. The third-order valence-electron chi connectivity index (χ3n) is 6.33. The Kier molecular flexibility index (Phi) is 7.05. The van der Waals surface area contributed by atoms with Gasteiger partial charge < -0.3 is 10.2 Å². The molecule has 1 aliphatic heterocycles. The Hall–Kier alpha value is -4.36. The maximum atomic E-state index is 13.7. The van der Waals surface area contributed by atoms with E-state index < -0.39 is 6.04 Å². The molecule has 1 aliphatic rings. The summed E-state index contributed by atoms with van der Waals surface area (Å²) in [6, 6.07) is 20.3. The summed E-state index contributed by atoms with van der Waals surface area (Å²) in [6.45, 7) is 0.213. The van der Waals surface area contributed by atoms with Crippen molar-refractivity contribution in [2.45, 2.75) is 25.4 Å². The first-order valence-electron chi connectivity index (χ1n) is 11.8. The van der Waals surface area contributed by atoms with Crippen molar-refractivity contribution in [3.05, 3.63) is 124 Å². The maximum absolute atomic E-state index is 13.7. The molecule has 4 aromatic rings. The molecule has 0 spiro atoms. The molecule has 2 amide bonds. The van der Waals surface area contributed by atoms with E-state index in [1.54, 1.807) is 84.2 Å². The average Bonchev–Trinajstić information content (AvgIpc) is 3.00. The van der Waals surface area contributed by atoms with Crippen LogP contribution in [0.25, 0.3) is 0 Å². The number of aromatic nitrogens is 2. The number of nitrogens with zero attached hydrogens (tertiary/aromatic N) is 3. The van der Waals surface area contributed by atoms with E-state index in [1.807, 2.05) is 12.1 Å². The van der Waals surface area contributed by atoms with Gasteiger partial charge in [-0.25, -0.2) is 4.98 Å². The van der Waals surface area contributed by atoms with Gasteiger partial charge in [-0.3, -0.25) is 19.4 Å². The fourth-order valence-electron chi connectivity index (χ4n) is 4.42. The van der Waals surface area contributed by atoms with E-state index in [2.05, 4.69) is 15.3 Å². The van der Waals surface area contributed by atoms with Gasteiger partial charge in [-0.2, -0.15) is 0 Å². The molecule has 0 fully saturated rings. The molecule has 0 aliphatic carbocycles. The standard InChI is InChI=1S/C29H23ClN4O3/c30-23-8-9-24-22(16-23)17-26(35)25(15-19-10-13-31-14-11-19)34(29(24)37)18-20-4-6-21(7-5-20)28(36)33-27-3-1-2-12-32-27/h1-14,16,25H,15,17-18H2,(H,32,33,36)/t25-/m1/s1. The van der Waals surface area contributed by atoms with Gasteiger partial charge in [-0.05, 0) is 71.3 Å². The molecule has 3 heterocycles. The third kappa shape index (κ3) is 5.57. The number of carbonyl (C=O) groups is 3. The van der Waals surface area contributed by atoms with Crippen molar-refractivity contribution in [1.82, 2.24) is 14.9 Å². The summed E-state index contributed by atoms with van der Waals surface area (Å²) in [7, 11) is 0. The Labute approximate surface area is 219 Å². The van der Waals surface area contributed by atoms with Crippen LogP contribution in [0.5, 0.6) is 0 Å². The molecule has 5 rings (SSSR count). The number of anilines is 1. The Bertz CT molecular complexity index is 1440. The molecule has 8 heteroatoms. The molecular formula is C29H23ClN4O3. The first kappa shape index (κ1) is 24.3. The number of amides is 2. The predicted octanol–water partition coefficient (Wildman–Crippen LogP) is 4.76. The number of pyridine rings is 2. The van der Waals surface area contributed by atoms with Crippen molar-refractivity contribution in [2.24, 2.45) is 0 Å². The number of benzene rings is 2. The van der Waals surface area contributed by atoms with Gasteiger partial charge in [0.2, 0.25) is 0 Å². The number of ketones is 1. The van der Waals surface area contributed by atoms with Crippen LogP contribution in [-0.4, -0.2) is 38.5 Å². The molecule has 0 radical (unpaired) electrons. The smallest absolute Gasteiger partial charge is 0.256 e. The van der Waals surface area contributed by atoms with Crippen LogP contribution >= 0.6 is 11.6 Å². The zero-order chi connectivity index (χ0) is 25.8. The highest BCUT2D eigenvalue weighted by Gasteiger charge is 2.35. The molecule has 1 atom stereocenters. The lowest BCUT2D eigenvalue weighted by Crippen LogP contribution is -2.44. The van der Waals surface area contributed by atoms with Crippen molar-refractivity contribution < 1.29 is 14.4 Å². The lowest BCUT2D eigenvalue weighted by molar-refractivity contribution is -0.122. The van der Waals surface area contributed by atoms with Crippen LogP contribution in [0.3, 0.4) is 0 Å². The molecule has 7 nitrogen and oxygen atoms in total. The normalized spacial score (nSPS) is 15.2. The topological polar surface area (TPSA) is 92.3 Å². The Morgan fingerprint density at radius 1 is 0.946 bits per heavy atom. The first-order chi connectivity index (χ1) is 18.0. The van der Waals surface area contributed by atoms with Gasteiger partial charge in [0.15, 0.2) is 5.78 Å². The number of hydrogen-bond donors (Lipinski definition) is 1. The highest BCUT2D eigenvalue weighted by atomic mass is 35.5. The van der Waals surface area contributed by atoms with Crippen molar-refractivity contribution in [3.8, 4) is 0 Å². The number of fused-ring (bicyclic) bond motifs is 1. The van der Waals surface area contributed by atoms with Crippen LogP contribution in [0.4, 0.5) is 5.82 Å². The Balaban J connectivity index is 1.42. The second-order valence-corrected chi connectivity index (χ2v) is 9.26. The minimum atomic E-state index is -0.659. The molecule has 0 saturated carbocycles. The van der Waals surface area contributed by atoms with Crippen molar-refractivity contribution in [2.75, 3.05) is 5.32 Å². The number of carbonyl (C=O) groups excluding carboxylic acids is 3. The van der Waals surface area contributed by atoms with Gasteiger partial charge >= 0.3 is 0 Å². The molecule has 0 saturated heterocycles. The molecule has 1 N–H and O–H groups in total. The monoisotopic (exact) mass is 510 g/mol. The van der Waals surface area contributed by atoms with Crippen LogP contribution in [0, 0.1) is 0 Å². The zero-order valence-corrected chi connectivity index (χ0v) is 20.6. The average molecular weight is 511 g/mol. The van der Waals surface area contributed by atoms with E-state index in [1.165, 1.54) is 0 Å². The van der Waals surface area contributed by atoms with Gasteiger partial charge in [-0.1, -0.05) is 29.8 Å². The number of hydrogen-bond acceptors (Lipinski definition) is 5. The number of rotatable bonds is 6. The molecule has 2 aromatic carbocycles. The lowest BCUT2D eigenvalue weighted by atomic mass is 9.98. The maximum Gasteiger partial charge on any atom is 0.256 e. The predicted molar refractivity (Wildman–Crippen MR) is 140 cm³/mol. The van der Waals surface area contributed by atoms with Gasteiger partial charge in [0, 0.05) is 54.1 Å². The third-order valence-corrected chi connectivity index (χ3v) is 6.56. The molecule has 2 aromatic heterocycles. The summed E-state index contributed by atoms with van der Waals surface area (Å²) < 4.78 is 0. The molecule has 0 unspecified atom stereocenters. The van der Waals surface area contributed by atoms with Crippen molar-refractivity contribution in [3.63, 3.8) is 0 Å². The quantitative estimate of drug-likeness (QED) is 0.403. The summed E-state index contributed by atoms with van der Waals surface area (Å²) in [5.41, 5.74) is 3.28. The number of Topliss-reactive ketones (excluding diaryl/α,β-unsaturated/α-hetero) is 1. The minimum absolute atomic E-state index is 0.0578. The summed E-state index contributed by atoms with van der Waals surface area (Å²) >= 11 is 6.17. The van der Waals surface area contributed by atoms with Crippen LogP contribution < -0.4 is 5.32 Å². The van der Waals surface area contributed by atoms with Crippen LogP contribution in [0.1, 0.15) is 37.4 Å². The van der Waals surface area contributed by atoms with Gasteiger partial charge in [-0.15, -0.1) is 0 Å². The second kappa shape index (κ2) is 10.7. The molecular weight excluding hydrogens is 488 g/mol. The Morgan fingerprint density at radius 2 is 1.73 bits per heavy atom. The van der Waals surface area contributed by atoms with E-state index in [4.69, 9.17) is 11.6 Å². The van der Waals surface area contributed by atoms with Gasteiger partial charge in [0.1, 0.15) is 5.82 Å². The Morgan fingerprint density at radius 3 is 2.46 bits per heavy atom. The highest BCUT2D eigenvalue weighted by molar-refractivity contribution is 6.30. The summed E-state index contributed by atoms with van der Waals surface area (Å²) in [5.74, 6) is -0.110. The van der Waals surface area contributed by atoms with Crippen molar-refractivity contribution in [1.29, 1.82) is 0 Å². The molecule has 184 valence electrons. The lowest BCUT2D eigenvalue weighted by Gasteiger charge is -2.29. The number of nitrogens with one attached hydrogen (secondary N) is 1. The van der Waals surface area contributed by atoms with E-state index in [0.717, 1.165) is 11.1 Å². The van der Waals surface area contributed by atoms with E-state index in [-0.39, 0.29) is 30.6 Å². The van der Waals surface area contributed by atoms with E-state index in [0.29, 0.717) is 34.0 Å². The minimum Gasteiger partial charge on any atom is -0.324 e. The van der Waals surface area contributed by atoms with Gasteiger partial charge in [0.05, 0.1) is 6.04 Å². The summed E-state index contributed by atoms with van der Waals surface area (Å²) in [4.78, 5) is 49.5. The molecule has 0 bridgehead atoms. The summed E-state index contributed by atoms with van der Waals surface area (Å²) in [6.07, 6.45) is 5.45. The highest BCUT2D eigenvalue weighted by Crippen LogP contribution is 2.27. The van der Waals surface area contributed by atoms with E-state index in [9.17, 15) is 14.4 Å². The largest absolute Gasteiger partial charge is 0.324 e. The fourth-order valence-corrected chi connectivity index (χ4v) is 4.62. The second-order valence-electron chi connectivity index (χ2n) is 8.82. The summed E-state index contributed by atoms with van der Waals surface area (Å²) in [5, 5.41) is 3.24. The fraction of sp³-hybridized carbons (Fsp3) is 0.138. The molecule has 37 heavy (non-hydrogen) atoms. The van der Waals surface area contributed by atoms with E-state index >= 15 is 0 Å². The van der Waals surface area contributed by atoms with Crippen LogP contribution in [0.15, 0.2) is 91.4 Å². The van der Waals surface area contributed by atoms with Gasteiger partial charge in [0.25, 0.3) is 11.8 Å². The first-order valence-corrected chi connectivity index (χ1v) is 12.2. The van der Waals surface area contributed by atoms with Crippen LogP contribution in [-0.2, 0) is 24.2 Å². The van der Waals surface area contributed by atoms with Crippen LogP contribution in [0.2, 0.25) is 5.02 Å².